The molecule has 0 spiro atoms. The molecule has 5 heteroatoms. The summed E-state index contributed by atoms with van der Waals surface area (Å²) in [5, 5.41) is 4.05. The van der Waals surface area contributed by atoms with Crippen LogP contribution in [0.1, 0.15) is 36.5 Å². The van der Waals surface area contributed by atoms with Gasteiger partial charge >= 0.3 is 0 Å². The van der Waals surface area contributed by atoms with Gasteiger partial charge in [0.15, 0.2) is 0 Å². The molecule has 1 saturated heterocycles. The molecule has 1 aromatic carbocycles. The average Bonchev–Trinajstić information content (AvgIpc) is 2.45. The summed E-state index contributed by atoms with van der Waals surface area (Å²) in [6.45, 7) is 5.03. The highest BCUT2D eigenvalue weighted by Crippen LogP contribution is 2.28. The molecule has 1 aliphatic rings. The van der Waals surface area contributed by atoms with Gasteiger partial charge in [0, 0.05) is 24.2 Å². The number of nitrogens with two attached hydrogens (primary N) is 1. The van der Waals surface area contributed by atoms with Crippen LogP contribution in [0.3, 0.4) is 0 Å². The molecular formula is C15H22ClN3O. The Bertz CT molecular complexity index is 472. The first-order chi connectivity index (χ1) is 9.63. The minimum absolute atomic E-state index is 0.389. The predicted octanol–water partition coefficient (Wildman–Crippen LogP) is 2.41. The molecule has 0 bridgehead atoms. The number of nitrogens with one attached hydrogen (secondary N) is 1. The van der Waals surface area contributed by atoms with Crippen LogP contribution in [-0.4, -0.2) is 31.6 Å². The lowest BCUT2D eigenvalue weighted by atomic mass is 10.0. The van der Waals surface area contributed by atoms with E-state index in [-0.39, 0.29) is 0 Å². The van der Waals surface area contributed by atoms with Crippen LogP contribution in [-0.2, 0) is 0 Å². The zero-order valence-electron chi connectivity index (χ0n) is 11.9. The van der Waals surface area contributed by atoms with Crippen molar-refractivity contribution in [1.29, 1.82) is 0 Å². The zero-order chi connectivity index (χ0) is 14.5. The van der Waals surface area contributed by atoms with E-state index in [9.17, 15) is 4.79 Å². The molecule has 110 valence electrons. The van der Waals surface area contributed by atoms with Crippen molar-refractivity contribution in [1.82, 2.24) is 5.32 Å². The number of anilines is 1. The van der Waals surface area contributed by atoms with Crippen LogP contribution >= 0.6 is 11.6 Å². The molecule has 0 aliphatic carbocycles. The fourth-order valence-corrected chi connectivity index (χ4v) is 2.96. The van der Waals surface area contributed by atoms with E-state index < -0.39 is 5.91 Å². The summed E-state index contributed by atoms with van der Waals surface area (Å²) in [5.41, 5.74) is 6.91. The number of carbonyl (C=O) groups excluding carboxylic acids is 1. The van der Waals surface area contributed by atoms with Crippen molar-refractivity contribution < 1.29 is 4.79 Å². The van der Waals surface area contributed by atoms with Crippen molar-refractivity contribution in [2.75, 3.05) is 24.5 Å². The Labute approximate surface area is 125 Å². The van der Waals surface area contributed by atoms with Crippen LogP contribution in [0, 0.1) is 0 Å². The summed E-state index contributed by atoms with van der Waals surface area (Å²) < 4.78 is 0. The van der Waals surface area contributed by atoms with E-state index in [4.69, 9.17) is 17.3 Å². The fourth-order valence-electron chi connectivity index (χ4n) is 2.79. The second-order valence-corrected chi connectivity index (χ2v) is 5.66. The Morgan fingerprint density at radius 2 is 2.35 bits per heavy atom. The third-order valence-corrected chi connectivity index (χ3v) is 3.95. The van der Waals surface area contributed by atoms with Gasteiger partial charge in [-0.05, 0) is 44.0 Å². The lowest BCUT2D eigenvalue weighted by molar-refractivity contribution is 0.100. The molecule has 3 N–H and O–H groups in total. The smallest absolute Gasteiger partial charge is 0.250 e. The van der Waals surface area contributed by atoms with E-state index >= 15 is 0 Å². The number of primary amides is 1. The largest absolute Gasteiger partial charge is 0.367 e. The Kier molecular flexibility index (Phi) is 5.26. The van der Waals surface area contributed by atoms with Gasteiger partial charge in [0.25, 0.3) is 5.91 Å². The number of amides is 1. The number of nitrogens with zero attached hydrogens (tertiary/aromatic N) is 1. The Balaban J connectivity index is 2.36. The maximum atomic E-state index is 11.7. The molecule has 1 amide bonds. The van der Waals surface area contributed by atoms with Gasteiger partial charge < -0.3 is 16.0 Å². The Morgan fingerprint density at radius 1 is 1.55 bits per heavy atom. The third kappa shape index (κ3) is 3.44. The van der Waals surface area contributed by atoms with E-state index in [0.29, 0.717) is 16.6 Å². The molecule has 1 fully saturated rings. The predicted molar refractivity (Wildman–Crippen MR) is 83.5 cm³/mol. The van der Waals surface area contributed by atoms with Gasteiger partial charge in [0.2, 0.25) is 0 Å². The van der Waals surface area contributed by atoms with E-state index in [0.717, 1.165) is 44.6 Å². The van der Waals surface area contributed by atoms with Gasteiger partial charge in [-0.2, -0.15) is 0 Å². The number of carbonyl (C=O) groups is 1. The fraction of sp³-hybridized carbons (Fsp3) is 0.533. The average molecular weight is 296 g/mol. The zero-order valence-corrected chi connectivity index (χ0v) is 12.6. The van der Waals surface area contributed by atoms with Crippen molar-refractivity contribution in [2.45, 2.75) is 32.2 Å². The molecular weight excluding hydrogens is 274 g/mol. The summed E-state index contributed by atoms with van der Waals surface area (Å²) in [6.07, 6.45) is 3.29. The monoisotopic (exact) mass is 295 g/mol. The van der Waals surface area contributed by atoms with E-state index in [1.165, 1.54) is 0 Å². The highest BCUT2D eigenvalue weighted by Gasteiger charge is 2.24. The number of hydrogen-bond acceptors (Lipinski definition) is 3. The van der Waals surface area contributed by atoms with Gasteiger partial charge in [-0.1, -0.05) is 18.5 Å². The second kappa shape index (κ2) is 6.95. The SMILES string of the molecule is CCCN(c1cc(Cl)ccc1C(N)=O)C1CCCNC1. The quantitative estimate of drug-likeness (QED) is 0.877. The normalized spacial score (nSPS) is 18.8. The standard InChI is InChI=1S/C15H22ClN3O/c1-2-8-19(12-4-3-7-18-10-12)14-9-11(16)5-6-13(14)15(17)20/h5-6,9,12,18H,2-4,7-8,10H2,1H3,(H2,17,20). The summed E-state index contributed by atoms with van der Waals surface area (Å²) in [6, 6.07) is 5.68. The highest BCUT2D eigenvalue weighted by atomic mass is 35.5. The first-order valence-corrected chi connectivity index (χ1v) is 7.58. The van der Waals surface area contributed by atoms with Crippen molar-refractivity contribution in [2.24, 2.45) is 5.73 Å². The van der Waals surface area contributed by atoms with Gasteiger partial charge in [0.1, 0.15) is 0 Å². The lowest BCUT2D eigenvalue weighted by Gasteiger charge is -2.37. The minimum Gasteiger partial charge on any atom is -0.367 e. The molecule has 4 nitrogen and oxygen atoms in total. The van der Waals surface area contributed by atoms with Gasteiger partial charge in [-0.15, -0.1) is 0 Å². The van der Waals surface area contributed by atoms with Crippen molar-refractivity contribution >= 4 is 23.2 Å². The number of piperidine rings is 1. The molecule has 2 rings (SSSR count). The number of benzene rings is 1. The number of halogens is 1. The molecule has 0 aromatic heterocycles. The van der Waals surface area contributed by atoms with Crippen molar-refractivity contribution in [3.8, 4) is 0 Å². The maximum Gasteiger partial charge on any atom is 0.250 e. The molecule has 1 atom stereocenters. The lowest BCUT2D eigenvalue weighted by Crippen LogP contribution is -2.47. The van der Waals surface area contributed by atoms with E-state index in [1.807, 2.05) is 6.07 Å². The Hall–Kier alpha value is -1.26. The van der Waals surface area contributed by atoms with Crippen LogP contribution in [0.2, 0.25) is 5.02 Å². The molecule has 0 radical (unpaired) electrons. The molecule has 20 heavy (non-hydrogen) atoms. The van der Waals surface area contributed by atoms with Crippen LogP contribution in [0.5, 0.6) is 0 Å². The number of hydrogen-bond donors (Lipinski definition) is 2. The highest BCUT2D eigenvalue weighted by molar-refractivity contribution is 6.31. The molecule has 1 aromatic rings. The minimum atomic E-state index is -0.401. The molecule has 1 aliphatic heterocycles. The van der Waals surface area contributed by atoms with Gasteiger partial charge in [-0.3, -0.25) is 4.79 Å². The van der Waals surface area contributed by atoms with Crippen LogP contribution in [0.4, 0.5) is 5.69 Å². The Morgan fingerprint density at radius 3 is 2.95 bits per heavy atom. The van der Waals surface area contributed by atoms with Crippen LogP contribution < -0.4 is 16.0 Å². The summed E-state index contributed by atoms with van der Waals surface area (Å²) in [7, 11) is 0. The van der Waals surface area contributed by atoms with Crippen LogP contribution in [0.15, 0.2) is 18.2 Å². The summed E-state index contributed by atoms with van der Waals surface area (Å²) in [4.78, 5) is 13.9. The maximum absolute atomic E-state index is 11.7. The van der Waals surface area contributed by atoms with Gasteiger partial charge in [0.05, 0.1) is 11.3 Å². The third-order valence-electron chi connectivity index (χ3n) is 3.71. The second-order valence-electron chi connectivity index (χ2n) is 5.22. The van der Waals surface area contributed by atoms with E-state index in [2.05, 4.69) is 17.1 Å². The summed E-state index contributed by atoms with van der Waals surface area (Å²) >= 11 is 6.11. The number of rotatable bonds is 5. The first-order valence-electron chi connectivity index (χ1n) is 7.20. The molecule has 1 heterocycles. The van der Waals surface area contributed by atoms with Crippen LogP contribution in [0.25, 0.3) is 0 Å². The van der Waals surface area contributed by atoms with Crippen molar-refractivity contribution in [3.05, 3.63) is 28.8 Å². The summed E-state index contributed by atoms with van der Waals surface area (Å²) in [5.74, 6) is -0.401. The molecule has 0 saturated carbocycles. The van der Waals surface area contributed by atoms with E-state index in [1.54, 1.807) is 12.1 Å². The molecule has 1 unspecified atom stereocenters. The first kappa shape index (κ1) is 15.1. The topological polar surface area (TPSA) is 58.4 Å². The van der Waals surface area contributed by atoms with Crippen molar-refractivity contribution in [3.63, 3.8) is 0 Å². The van der Waals surface area contributed by atoms with Gasteiger partial charge in [-0.25, -0.2) is 0 Å².